The molecule has 4 aromatic rings. The molecule has 4 nitrogen and oxygen atoms in total. The highest BCUT2D eigenvalue weighted by molar-refractivity contribution is 6.12. The van der Waals surface area contributed by atoms with Crippen molar-refractivity contribution in [1.82, 2.24) is 0 Å². The summed E-state index contributed by atoms with van der Waals surface area (Å²) in [5, 5.41) is 3.39. The van der Waals surface area contributed by atoms with Gasteiger partial charge in [0.1, 0.15) is 11.5 Å². The van der Waals surface area contributed by atoms with Crippen molar-refractivity contribution in [2.45, 2.75) is 32.1 Å². The second-order valence-electron chi connectivity index (χ2n) is 8.76. The fourth-order valence-electron chi connectivity index (χ4n) is 4.40. The third-order valence-corrected chi connectivity index (χ3v) is 6.12. The summed E-state index contributed by atoms with van der Waals surface area (Å²) in [6.07, 6.45) is -5.14. The van der Waals surface area contributed by atoms with Crippen molar-refractivity contribution in [3.63, 3.8) is 0 Å². The molecule has 1 atom stereocenters. The van der Waals surface area contributed by atoms with E-state index < -0.39 is 17.9 Å². The van der Waals surface area contributed by atoms with Gasteiger partial charge in [-0.25, -0.2) is 0 Å². The number of benzene rings is 3. The normalized spacial score (nSPS) is 15.8. The van der Waals surface area contributed by atoms with Crippen LogP contribution in [0.2, 0.25) is 0 Å². The van der Waals surface area contributed by atoms with Crippen LogP contribution in [-0.4, -0.2) is 5.91 Å². The number of alkyl halides is 3. The number of rotatable bonds is 4. The molecule has 0 fully saturated rings. The predicted molar refractivity (Wildman–Crippen MR) is 129 cm³/mol. The van der Waals surface area contributed by atoms with Crippen LogP contribution in [0.3, 0.4) is 0 Å². The molecular formula is C28H23F3N2O2. The molecule has 1 N–H and O–H groups in total. The van der Waals surface area contributed by atoms with Gasteiger partial charge in [0.25, 0.3) is 5.91 Å². The number of halogens is 3. The van der Waals surface area contributed by atoms with Gasteiger partial charge in [0.05, 0.1) is 16.8 Å². The van der Waals surface area contributed by atoms with Crippen molar-refractivity contribution in [2.75, 3.05) is 10.2 Å². The van der Waals surface area contributed by atoms with E-state index in [0.29, 0.717) is 22.6 Å². The average molecular weight is 476 g/mol. The summed E-state index contributed by atoms with van der Waals surface area (Å²) in [5.41, 5.74) is 2.50. The van der Waals surface area contributed by atoms with E-state index in [9.17, 15) is 18.0 Å². The number of hydrogen-bond acceptors (Lipinski definition) is 3. The Labute approximate surface area is 201 Å². The number of amides is 1. The van der Waals surface area contributed by atoms with Gasteiger partial charge < -0.3 is 9.73 Å². The minimum absolute atomic E-state index is 0.161. The van der Waals surface area contributed by atoms with Gasteiger partial charge >= 0.3 is 6.18 Å². The molecule has 1 amide bonds. The number of hydrogen-bond donors (Lipinski definition) is 1. The number of nitrogens with one attached hydrogen (secondary N) is 1. The topological polar surface area (TPSA) is 45.5 Å². The molecule has 5 rings (SSSR count). The Balaban J connectivity index is 1.61. The molecule has 0 spiro atoms. The molecule has 178 valence electrons. The van der Waals surface area contributed by atoms with Crippen molar-refractivity contribution < 1.29 is 22.4 Å². The van der Waals surface area contributed by atoms with Crippen LogP contribution in [0.15, 0.2) is 89.3 Å². The van der Waals surface area contributed by atoms with E-state index in [-0.39, 0.29) is 17.6 Å². The van der Waals surface area contributed by atoms with E-state index in [2.05, 4.69) is 19.2 Å². The molecule has 0 unspecified atom stereocenters. The van der Waals surface area contributed by atoms with Crippen molar-refractivity contribution in [3.8, 4) is 11.3 Å². The first-order valence-electron chi connectivity index (χ1n) is 11.3. The molecular weight excluding hydrogens is 453 g/mol. The van der Waals surface area contributed by atoms with Crippen LogP contribution < -0.4 is 10.2 Å². The first-order chi connectivity index (χ1) is 16.7. The number of para-hydroxylation sites is 2. The fraction of sp³-hybridized carbons (Fsp3) is 0.179. The number of fused-ring (bicyclic) bond motifs is 1. The number of anilines is 2. The molecule has 35 heavy (non-hydrogen) atoms. The summed E-state index contributed by atoms with van der Waals surface area (Å²) in [5.74, 6) is 0.679. The van der Waals surface area contributed by atoms with Crippen LogP contribution in [0, 0.1) is 0 Å². The molecule has 1 aliphatic rings. The monoisotopic (exact) mass is 476 g/mol. The Morgan fingerprint density at radius 3 is 2.43 bits per heavy atom. The van der Waals surface area contributed by atoms with E-state index in [1.807, 2.05) is 42.5 Å². The minimum atomic E-state index is -4.45. The summed E-state index contributed by atoms with van der Waals surface area (Å²) >= 11 is 0. The van der Waals surface area contributed by atoms with E-state index in [1.165, 1.54) is 6.07 Å². The summed E-state index contributed by atoms with van der Waals surface area (Å²) < 4.78 is 45.7. The zero-order chi connectivity index (χ0) is 24.7. The van der Waals surface area contributed by atoms with Gasteiger partial charge in [0.15, 0.2) is 6.17 Å². The lowest BCUT2D eigenvalue weighted by atomic mass is 9.98. The highest BCUT2D eigenvalue weighted by atomic mass is 19.4. The third-order valence-electron chi connectivity index (χ3n) is 6.12. The van der Waals surface area contributed by atoms with E-state index in [4.69, 9.17) is 4.42 Å². The fourth-order valence-corrected chi connectivity index (χ4v) is 4.40. The van der Waals surface area contributed by atoms with Gasteiger partial charge in [0, 0.05) is 11.3 Å². The van der Waals surface area contributed by atoms with Gasteiger partial charge in [0.2, 0.25) is 0 Å². The van der Waals surface area contributed by atoms with E-state index in [1.54, 1.807) is 29.2 Å². The maximum absolute atomic E-state index is 13.7. The molecule has 3 aromatic carbocycles. The van der Waals surface area contributed by atoms with Crippen molar-refractivity contribution in [1.29, 1.82) is 0 Å². The zero-order valence-corrected chi connectivity index (χ0v) is 19.1. The maximum Gasteiger partial charge on any atom is 0.416 e. The summed E-state index contributed by atoms with van der Waals surface area (Å²) in [7, 11) is 0. The first kappa shape index (κ1) is 22.8. The summed E-state index contributed by atoms with van der Waals surface area (Å²) in [4.78, 5) is 15.4. The number of carbonyl (C=O) groups is 1. The lowest BCUT2D eigenvalue weighted by Gasteiger charge is -2.38. The third kappa shape index (κ3) is 4.18. The predicted octanol–water partition coefficient (Wildman–Crippen LogP) is 7.86. The van der Waals surface area contributed by atoms with Crippen molar-refractivity contribution in [3.05, 3.63) is 107 Å². The van der Waals surface area contributed by atoms with Crippen LogP contribution >= 0.6 is 0 Å². The smallest absolute Gasteiger partial charge is 0.416 e. The van der Waals surface area contributed by atoms with Gasteiger partial charge in [-0.3, -0.25) is 9.69 Å². The highest BCUT2D eigenvalue weighted by Gasteiger charge is 2.37. The molecule has 2 heterocycles. The van der Waals surface area contributed by atoms with Crippen molar-refractivity contribution >= 4 is 17.3 Å². The Morgan fingerprint density at radius 2 is 1.66 bits per heavy atom. The van der Waals surface area contributed by atoms with Crippen LogP contribution in [0.5, 0.6) is 0 Å². The molecule has 0 saturated heterocycles. The van der Waals surface area contributed by atoms with Crippen LogP contribution in [0.4, 0.5) is 24.5 Å². The second-order valence-corrected chi connectivity index (χ2v) is 8.76. The van der Waals surface area contributed by atoms with Crippen LogP contribution in [-0.2, 0) is 6.18 Å². The SMILES string of the molecule is CC(C)c1ccccc1N1C(=O)c2ccccc2N[C@@H]1c1ccc(-c2cccc(C(F)(F)F)c2)o1. The molecule has 0 saturated carbocycles. The minimum Gasteiger partial charge on any atom is -0.457 e. The van der Waals surface area contributed by atoms with E-state index >= 15 is 0 Å². The second kappa shape index (κ2) is 8.65. The number of carbonyl (C=O) groups excluding carboxylic acids is 1. The Hall–Kier alpha value is -4.00. The van der Waals surface area contributed by atoms with Crippen LogP contribution in [0.1, 0.15) is 53.2 Å². The van der Waals surface area contributed by atoms with Gasteiger partial charge in [-0.15, -0.1) is 0 Å². The zero-order valence-electron chi connectivity index (χ0n) is 19.1. The standard InChI is InChI=1S/C28H23F3N2O2/c1-17(2)20-10-4-6-13-23(20)33-26(32-22-12-5-3-11-21(22)27(33)34)25-15-14-24(35-25)18-8-7-9-19(16-18)28(29,30)31/h3-17,26,32H,1-2H3/t26-/m0/s1. The molecule has 0 aliphatic carbocycles. The quantitative estimate of drug-likeness (QED) is 0.326. The molecule has 0 radical (unpaired) electrons. The Bertz CT molecular complexity index is 1390. The highest BCUT2D eigenvalue weighted by Crippen LogP contribution is 2.41. The maximum atomic E-state index is 13.7. The van der Waals surface area contributed by atoms with Gasteiger partial charge in [-0.2, -0.15) is 13.2 Å². The molecule has 7 heteroatoms. The van der Waals surface area contributed by atoms with Gasteiger partial charge in [-0.1, -0.05) is 56.3 Å². The Kier molecular flexibility index (Phi) is 5.63. The first-order valence-corrected chi connectivity index (χ1v) is 11.3. The lowest BCUT2D eigenvalue weighted by Crippen LogP contribution is -2.43. The van der Waals surface area contributed by atoms with Crippen molar-refractivity contribution in [2.24, 2.45) is 0 Å². The van der Waals surface area contributed by atoms with E-state index in [0.717, 1.165) is 23.4 Å². The summed E-state index contributed by atoms with van der Waals surface area (Å²) in [6.45, 7) is 4.12. The molecule has 1 aromatic heterocycles. The molecule has 0 bridgehead atoms. The lowest BCUT2D eigenvalue weighted by molar-refractivity contribution is -0.137. The Morgan fingerprint density at radius 1 is 0.914 bits per heavy atom. The molecule has 1 aliphatic heterocycles. The average Bonchev–Trinajstić information content (AvgIpc) is 3.34. The number of nitrogens with zero attached hydrogens (tertiary/aromatic N) is 1. The van der Waals surface area contributed by atoms with Crippen LogP contribution in [0.25, 0.3) is 11.3 Å². The number of furan rings is 1. The largest absolute Gasteiger partial charge is 0.457 e. The summed E-state index contributed by atoms with van der Waals surface area (Å²) in [6, 6.07) is 23.3. The van der Waals surface area contributed by atoms with Gasteiger partial charge in [-0.05, 0) is 53.9 Å².